The molecule has 2 aliphatic rings. The van der Waals surface area contributed by atoms with E-state index in [-0.39, 0.29) is 42.1 Å². The van der Waals surface area contributed by atoms with E-state index in [1.165, 1.54) is 46.0 Å². The number of fused-ring (bicyclic) bond motifs is 8. The Bertz CT molecular complexity index is 1560. The van der Waals surface area contributed by atoms with Crippen molar-refractivity contribution in [1.82, 2.24) is 9.97 Å². The van der Waals surface area contributed by atoms with Crippen LogP contribution < -0.4 is 9.84 Å². The summed E-state index contributed by atoms with van der Waals surface area (Å²) in [6.07, 6.45) is 1.08. The van der Waals surface area contributed by atoms with Gasteiger partial charge in [0.25, 0.3) is 5.91 Å². The van der Waals surface area contributed by atoms with Gasteiger partial charge in [0, 0.05) is 67.7 Å². The van der Waals surface area contributed by atoms with Crippen molar-refractivity contribution in [2.24, 2.45) is 4.99 Å². The summed E-state index contributed by atoms with van der Waals surface area (Å²) in [5.41, 5.74) is 2.03. The fourth-order valence-electron chi connectivity index (χ4n) is 4.34. The first-order chi connectivity index (χ1) is 18.8. The van der Waals surface area contributed by atoms with Gasteiger partial charge in [0.15, 0.2) is 0 Å². The van der Waals surface area contributed by atoms with E-state index >= 15 is 0 Å². The van der Waals surface area contributed by atoms with Crippen LogP contribution in [0.3, 0.4) is 0 Å². The van der Waals surface area contributed by atoms with E-state index in [1.807, 2.05) is 32.0 Å². The second kappa shape index (κ2) is 15.2. The Morgan fingerprint density at radius 1 is 1.07 bits per heavy atom. The number of nitrogens with one attached hydrogen (secondary N) is 1. The van der Waals surface area contributed by atoms with Crippen LogP contribution in [0.1, 0.15) is 29.8 Å². The van der Waals surface area contributed by atoms with Crippen molar-refractivity contribution < 1.29 is 38.5 Å². The number of hydrogen-bond donors (Lipinski definition) is 1. The Morgan fingerprint density at radius 2 is 1.68 bits per heavy atom. The van der Waals surface area contributed by atoms with Crippen molar-refractivity contribution in [2.75, 3.05) is 34.5 Å². The first kappa shape index (κ1) is 32.4. The van der Waals surface area contributed by atoms with Gasteiger partial charge in [-0.25, -0.2) is 14.6 Å². The van der Waals surface area contributed by atoms with Crippen molar-refractivity contribution in [1.29, 1.82) is 5.26 Å². The minimum atomic E-state index is -0.668. The summed E-state index contributed by atoms with van der Waals surface area (Å²) in [5, 5.41) is 22.5. The molecular formula is C27H25FN4O3RuS4. The Kier molecular flexibility index (Phi) is 12.3. The summed E-state index contributed by atoms with van der Waals surface area (Å²) >= 11 is 10.0. The molecule has 0 saturated carbocycles. The molecule has 1 saturated heterocycles. The zero-order chi connectivity index (χ0) is 27.9. The minimum Gasteiger partial charge on any atom is -0.858 e. The fourth-order valence-corrected chi connectivity index (χ4v) is 7.78. The Morgan fingerprint density at radius 3 is 2.25 bits per heavy atom. The second-order valence-corrected chi connectivity index (χ2v) is 12.6. The van der Waals surface area contributed by atoms with Crippen LogP contribution in [-0.2, 0) is 32.1 Å². The Balaban J connectivity index is 0.000000287. The van der Waals surface area contributed by atoms with Crippen molar-refractivity contribution in [3.05, 3.63) is 47.4 Å². The van der Waals surface area contributed by atoms with Crippen LogP contribution in [0.4, 0.5) is 4.39 Å². The smallest absolute Gasteiger partial charge is 0.858 e. The summed E-state index contributed by atoms with van der Waals surface area (Å²) in [6, 6.07) is 6.70. The van der Waals surface area contributed by atoms with E-state index in [0.29, 0.717) is 22.2 Å². The molecule has 0 atom stereocenters. The van der Waals surface area contributed by atoms with Gasteiger partial charge in [-0.2, -0.15) is 35.3 Å². The molecule has 7 nitrogen and oxygen atoms in total. The van der Waals surface area contributed by atoms with Gasteiger partial charge in [-0.05, 0) is 38.1 Å². The summed E-state index contributed by atoms with van der Waals surface area (Å²) < 4.78 is 19.5. The zero-order valence-electron chi connectivity index (χ0n) is 21.6. The number of ether oxygens (including phenoxy) is 1. The Labute approximate surface area is 262 Å². The topological polar surface area (TPSA) is 114 Å². The molecule has 0 bridgehead atoms. The van der Waals surface area contributed by atoms with Crippen LogP contribution in [0.5, 0.6) is 5.75 Å². The summed E-state index contributed by atoms with van der Waals surface area (Å²) in [4.78, 5) is 23.3. The van der Waals surface area contributed by atoms with Gasteiger partial charge >= 0.3 is 19.5 Å². The standard InChI is InChI=1S/C20H14FN3O3.C6H12S3.CHNS.Ru/c1-8(2)27-10-3-4-13-11(6-10)14-16-15(19(25)24-20(16)26)12-5-9(21)7-22-17(12)18(14)23-13;1-2-8-5-6-9-4-3-7-1;2-1-3;/h3-8,23H,1-2H3,(H,24,25,26);1-6H2;3H;/q;;;+2/p-2. The molecule has 0 aliphatic carbocycles. The molecule has 4 aromatic rings. The third kappa shape index (κ3) is 7.40. The molecule has 1 N–H and O–H groups in total. The molecule has 40 heavy (non-hydrogen) atoms. The number of nitriles is 1. The number of amides is 1. The zero-order valence-corrected chi connectivity index (χ0v) is 26.6. The number of nitrogens with zero attached hydrogens (tertiary/aromatic N) is 3. The molecule has 2 aromatic carbocycles. The number of rotatable bonds is 2. The molecule has 13 heteroatoms. The van der Waals surface area contributed by atoms with Crippen molar-refractivity contribution in [3.63, 3.8) is 0 Å². The van der Waals surface area contributed by atoms with Crippen LogP contribution in [0.2, 0.25) is 0 Å². The van der Waals surface area contributed by atoms with Crippen LogP contribution >= 0.6 is 35.3 Å². The monoisotopic (exact) mass is 702 g/mol. The number of pyridine rings is 1. The third-order valence-electron chi connectivity index (χ3n) is 5.75. The summed E-state index contributed by atoms with van der Waals surface area (Å²) in [6.45, 7) is 3.84. The Hall–Kier alpha value is -2.10. The first-order valence-corrected chi connectivity index (χ1v) is 16.0. The largest absolute Gasteiger partial charge is 2.00 e. The van der Waals surface area contributed by atoms with E-state index in [0.717, 1.165) is 17.1 Å². The first-order valence-electron chi connectivity index (χ1n) is 12.1. The number of thioether (sulfide) groups is 3. The maximum absolute atomic E-state index is 13.8. The van der Waals surface area contributed by atoms with E-state index in [4.69, 9.17) is 10.00 Å². The van der Waals surface area contributed by atoms with Crippen molar-refractivity contribution in [3.8, 4) is 11.2 Å². The van der Waals surface area contributed by atoms with Gasteiger partial charge < -0.3 is 27.5 Å². The average Bonchev–Trinajstić information content (AvgIpc) is 3.45. The number of halogens is 1. The molecule has 1 fully saturated rings. The van der Waals surface area contributed by atoms with Gasteiger partial charge in [0.1, 0.15) is 11.6 Å². The quantitative estimate of drug-likeness (QED) is 0.170. The normalized spacial score (nSPS) is 14.9. The van der Waals surface area contributed by atoms with Crippen LogP contribution in [0.15, 0.2) is 35.5 Å². The maximum atomic E-state index is 13.8. The third-order valence-corrected chi connectivity index (χ3v) is 9.48. The summed E-state index contributed by atoms with van der Waals surface area (Å²) in [5.74, 6) is 6.97. The number of H-pyrrole nitrogens is 1. The van der Waals surface area contributed by atoms with Gasteiger partial charge in [-0.15, -0.1) is 0 Å². The number of aromatic amines is 1. The number of benzene rings is 2. The maximum Gasteiger partial charge on any atom is 2.00 e. The van der Waals surface area contributed by atoms with E-state index < -0.39 is 17.6 Å². The van der Waals surface area contributed by atoms with Crippen molar-refractivity contribution >= 4 is 92.4 Å². The number of hydrogen-bond acceptors (Lipinski definition) is 9. The molecule has 2 aromatic heterocycles. The van der Waals surface area contributed by atoms with Crippen molar-refractivity contribution in [2.45, 2.75) is 20.0 Å². The van der Waals surface area contributed by atoms with Gasteiger partial charge in [0.05, 0.1) is 28.9 Å². The number of carbonyl (C=O) groups excluding carboxylic acids is 1. The van der Waals surface area contributed by atoms with E-state index in [9.17, 15) is 14.3 Å². The van der Waals surface area contributed by atoms with E-state index in [1.54, 1.807) is 0 Å². The molecule has 1 amide bonds. The molecule has 210 valence electrons. The molecule has 2 aliphatic heterocycles. The summed E-state index contributed by atoms with van der Waals surface area (Å²) in [7, 11) is 0. The number of carbonyl (C=O) groups is 1. The van der Waals surface area contributed by atoms with Crippen LogP contribution in [-0.4, -0.2) is 62.4 Å². The molecule has 0 radical (unpaired) electrons. The predicted molar refractivity (Wildman–Crippen MR) is 163 cm³/mol. The average molecular weight is 702 g/mol. The molecule has 0 spiro atoms. The van der Waals surface area contributed by atoms with Crippen LogP contribution in [0.25, 0.3) is 32.7 Å². The number of aliphatic imine (C=N–C) groups is 1. The van der Waals surface area contributed by atoms with Gasteiger partial charge in [0.2, 0.25) is 0 Å². The molecule has 6 rings (SSSR count). The second-order valence-electron chi connectivity index (χ2n) is 8.70. The van der Waals surface area contributed by atoms with Gasteiger partial charge in [-0.3, -0.25) is 9.78 Å². The van der Waals surface area contributed by atoms with Gasteiger partial charge in [-0.1, -0.05) is 5.40 Å². The van der Waals surface area contributed by atoms with E-state index in [2.05, 4.69) is 62.9 Å². The predicted octanol–water partition coefficient (Wildman–Crippen LogP) is 5.27. The number of thiocyanates is 1. The molecule has 4 heterocycles. The number of aromatic nitrogens is 2. The SMILES string of the molecule is C1CSCCSCCS1.CC(C)Oc1ccc2[nH]c3c4ncc(F)cc4c4c(c3c2c1)C([O-])=NC4=O.N#C[S-].[Ru+2]. The molecular weight excluding hydrogens is 677 g/mol. The fraction of sp³-hybridized carbons (Fsp3) is 0.333. The minimum absolute atomic E-state index is 0. The molecule has 0 unspecified atom stereocenters. The van der Waals surface area contributed by atoms with Crippen LogP contribution in [0, 0.1) is 16.5 Å².